The largest absolute Gasteiger partial charge is 0.507 e. The molecule has 0 radical (unpaired) electrons. The molecule has 2 amide bonds. The second kappa shape index (κ2) is 6.11. The third-order valence-electron chi connectivity index (χ3n) is 3.32. The minimum Gasteiger partial charge on any atom is -0.507 e. The molecule has 5 nitrogen and oxygen atoms in total. The zero-order valence-electron chi connectivity index (χ0n) is 12.3. The lowest BCUT2D eigenvalue weighted by Gasteiger charge is -2.27. The lowest BCUT2D eigenvalue weighted by atomic mass is 10.0. The molecule has 1 aromatic carbocycles. The van der Waals surface area contributed by atoms with E-state index in [0.29, 0.717) is 16.7 Å². The molecule has 0 spiro atoms. The van der Waals surface area contributed by atoms with E-state index in [1.807, 2.05) is 0 Å². The maximum Gasteiger partial charge on any atom is 0.265 e. The highest BCUT2D eigenvalue weighted by Gasteiger charge is 2.32. The lowest BCUT2D eigenvalue weighted by Crippen LogP contribution is -2.53. The van der Waals surface area contributed by atoms with Crippen LogP contribution in [0.4, 0.5) is 0 Å². The van der Waals surface area contributed by atoms with E-state index in [-0.39, 0.29) is 23.0 Å². The maximum absolute atomic E-state index is 12.4. The van der Waals surface area contributed by atoms with Crippen molar-refractivity contribution in [2.24, 2.45) is 0 Å². The van der Waals surface area contributed by atoms with Crippen molar-refractivity contribution in [2.45, 2.75) is 13.8 Å². The average Bonchev–Trinajstić information content (AvgIpc) is 2.45. The highest BCUT2D eigenvalue weighted by molar-refractivity contribution is 7.80. The fraction of sp³-hybridized carbons (Fsp3) is 0.188. The van der Waals surface area contributed by atoms with E-state index in [0.717, 1.165) is 0 Å². The van der Waals surface area contributed by atoms with Gasteiger partial charge in [-0.25, -0.2) is 0 Å². The van der Waals surface area contributed by atoms with Crippen LogP contribution < -0.4 is 5.32 Å². The first-order chi connectivity index (χ1) is 10.3. The summed E-state index contributed by atoms with van der Waals surface area (Å²) in [7, 11) is 0. The summed E-state index contributed by atoms with van der Waals surface area (Å²) in [4.78, 5) is 25.7. The summed E-state index contributed by atoms with van der Waals surface area (Å²) in [6.45, 7) is 7.31. The van der Waals surface area contributed by atoms with E-state index >= 15 is 0 Å². The van der Waals surface area contributed by atoms with Gasteiger partial charge in [0.1, 0.15) is 11.3 Å². The number of amides is 2. The third-order valence-corrected chi connectivity index (χ3v) is 3.64. The molecule has 1 aliphatic rings. The predicted octanol–water partition coefficient (Wildman–Crippen LogP) is 1.82. The van der Waals surface area contributed by atoms with Crippen LogP contribution in [-0.4, -0.2) is 33.5 Å². The fourth-order valence-corrected chi connectivity index (χ4v) is 2.48. The van der Waals surface area contributed by atoms with Crippen molar-refractivity contribution in [3.05, 3.63) is 47.1 Å². The number of nitrogens with one attached hydrogen (secondary N) is 1. The standard InChI is InChI=1S/C16H16N2O3S/c1-4-5-18-15(21)12(14(20)17-16(18)22)8-11-6-9(2)13(19)10(3)7-11/h4,6-8,19H,1,5H2,2-3H3,(H,17,20,22). The Hall–Kier alpha value is -2.47. The van der Waals surface area contributed by atoms with Crippen molar-refractivity contribution < 1.29 is 14.7 Å². The number of aromatic hydroxyl groups is 1. The Morgan fingerprint density at radius 2 is 1.91 bits per heavy atom. The van der Waals surface area contributed by atoms with Gasteiger partial charge in [0.2, 0.25) is 0 Å². The summed E-state index contributed by atoms with van der Waals surface area (Å²) in [5.74, 6) is -0.785. The zero-order valence-corrected chi connectivity index (χ0v) is 13.2. The molecule has 1 heterocycles. The number of benzene rings is 1. The smallest absolute Gasteiger partial charge is 0.265 e. The van der Waals surface area contributed by atoms with E-state index in [1.165, 1.54) is 17.1 Å². The minimum atomic E-state index is -0.529. The molecule has 0 aromatic heterocycles. The number of aryl methyl sites for hydroxylation is 2. The summed E-state index contributed by atoms with van der Waals surface area (Å²) in [6, 6.07) is 3.42. The van der Waals surface area contributed by atoms with E-state index in [1.54, 1.807) is 26.0 Å². The zero-order chi connectivity index (χ0) is 16.4. The first-order valence-corrected chi connectivity index (χ1v) is 7.06. The minimum absolute atomic E-state index is 0.0000557. The molecular weight excluding hydrogens is 300 g/mol. The van der Waals surface area contributed by atoms with Gasteiger partial charge in [0.25, 0.3) is 11.8 Å². The Morgan fingerprint density at radius 1 is 1.32 bits per heavy atom. The van der Waals surface area contributed by atoms with Crippen LogP contribution in [0, 0.1) is 13.8 Å². The Kier molecular flexibility index (Phi) is 4.42. The van der Waals surface area contributed by atoms with E-state index in [4.69, 9.17) is 12.2 Å². The summed E-state index contributed by atoms with van der Waals surface area (Å²) >= 11 is 4.99. The highest BCUT2D eigenvalue weighted by Crippen LogP contribution is 2.25. The Balaban J connectivity index is 2.45. The van der Waals surface area contributed by atoms with Crippen molar-refractivity contribution in [1.82, 2.24) is 10.2 Å². The number of carbonyl (C=O) groups is 2. The van der Waals surface area contributed by atoms with Crippen LogP contribution in [0.5, 0.6) is 5.75 Å². The van der Waals surface area contributed by atoms with E-state index < -0.39 is 11.8 Å². The van der Waals surface area contributed by atoms with Crippen LogP contribution in [0.3, 0.4) is 0 Å². The molecular formula is C16H16N2O3S. The highest BCUT2D eigenvalue weighted by atomic mass is 32.1. The van der Waals surface area contributed by atoms with Gasteiger partial charge in [0.15, 0.2) is 5.11 Å². The van der Waals surface area contributed by atoms with Crippen LogP contribution in [0.2, 0.25) is 0 Å². The quantitative estimate of drug-likeness (QED) is 0.386. The van der Waals surface area contributed by atoms with E-state index in [9.17, 15) is 14.7 Å². The molecule has 22 heavy (non-hydrogen) atoms. The first-order valence-electron chi connectivity index (χ1n) is 6.65. The summed E-state index contributed by atoms with van der Waals surface area (Å²) in [6.07, 6.45) is 3.03. The van der Waals surface area contributed by atoms with Gasteiger partial charge in [-0.2, -0.15) is 0 Å². The maximum atomic E-state index is 12.4. The average molecular weight is 316 g/mol. The molecule has 1 aromatic rings. The van der Waals surface area contributed by atoms with Gasteiger partial charge >= 0.3 is 0 Å². The molecule has 6 heteroatoms. The molecule has 0 saturated carbocycles. The van der Waals surface area contributed by atoms with Gasteiger partial charge in [-0.05, 0) is 61.0 Å². The number of rotatable bonds is 3. The van der Waals surface area contributed by atoms with E-state index in [2.05, 4.69) is 11.9 Å². The Morgan fingerprint density at radius 3 is 2.45 bits per heavy atom. The lowest BCUT2D eigenvalue weighted by molar-refractivity contribution is -0.128. The molecule has 2 rings (SSSR count). The number of phenolic OH excluding ortho intramolecular Hbond substituents is 1. The number of phenols is 1. The van der Waals surface area contributed by atoms with Crippen molar-refractivity contribution >= 4 is 35.2 Å². The van der Waals surface area contributed by atoms with Gasteiger partial charge in [0.05, 0.1) is 0 Å². The molecule has 0 unspecified atom stereocenters. The molecule has 2 N–H and O–H groups in total. The van der Waals surface area contributed by atoms with Crippen LogP contribution in [-0.2, 0) is 9.59 Å². The second-order valence-corrected chi connectivity index (χ2v) is 5.41. The predicted molar refractivity (Wildman–Crippen MR) is 88.2 cm³/mol. The van der Waals surface area contributed by atoms with Gasteiger partial charge in [-0.3, -0.25) is 19.8 Å². The monoisotopic (exact) mass is 316 g/mol. The van der Waals surface area contributed by atoms with Gasteiger partial charge in [-0.15, -0.1) is 6.58 Å². The molecule has 1 fully saturated rings. The molecule has 0 bridgehead atoms. The van der Waals surface area contributed by atoms with Crippen LogP contribution in [0.25, 0.3) is 6.08 Å². The molecule has 1 aliphatic heterocycles. The number of thiocarbonyl (C=S) groups is 1. The molecule has 114 valence electrons. The normalized spacial score (nSPS) is 16.9. The topological polar surface area (TPSA) is 69.6 Å². The van der Waals surface area contributed by atoms with Gasteiger partial charge in [-0.1, -0.05) is 6.08 Å². The van der Waals surface area contributed by atoms with Crippen LogP contribution >= 0.6 is 12.2 Å². The molecule has 0 aliphatic carbocycles. The number of carbonyl (C=O) groups excluding carboxylic acids is 2. The van der Waals surface area contributed by atoms with Gasteiger partial charge in [0, 0.05) is 6.54 Å². The molecule has 1 saturated heterocycles. The van der Waals surface area contributed by atoms with Gasteiger partial charge < -0.3 is 5.11 Å². The number of nitrogens with zero attached hydrogens (tertiary/aromatic N) is 1. The van der Waals surface area contributed by atoms with Crippen molar-refractivity contribution in [2.75, 3.05) is 6.54 Å². The first kappa shape index (κ1) is 15.9. The third kappa shape index (κ3) is 2.92. The number of hydrogen-bond donors (Lipinski definition) is 2. The van der Waals surface area contributed by atoms with Crippen molar-refractivity contribution in [1.29, 1.82) is 0 Å². The summed E-state index contributed by atoms with van der Waals surface area (Å²) in [5.41, 5.74) is 2.01. The Labute approximate surface area is 133 Å². The summed E-state index contributed by atoms with van der Waals surface area (Å²) in [5, 5.41) is 12.3. The van der Waals surface area contributed by atoms with Crippen molar-refractivity contribution in [3.63, 3.8) is 0 Å². The number of hydrogen-bond acceptors (Lipinski definition) is 4. The SMILES string of the molecule is C=CCN1C(=O)C(=Cc2cc(C)c(O)c(C)c2)C(=O)NC1=S. The summed E-state index contributed by atoms with van der Waals surface area (Å²) < 4.78 is 0. The second-order valence-electron chi connectivity index (χ2n) is 5.03. The molecule has 0 atom stereocenters. The van der Waals surface area contributed by atoms with Crippen LogP contribution in [0.15, 0.2) is 30.4 Å². The van der Waals surface area contributed by atoms with Crippen LogP contribution in [0.1, 0.15) is 16.7 Å². The Bertz CT molecular complexity index is 699. The van der Waals surface area contributed by atoms with Crippen molar-refractivity contribution in [3.8, 4) is 5.75 Å². The fourth-order valence-electron chi connectivity index (χ4n) is 2.23.